The lowest BCUT2D eigenvalue weighted by Gasteiger charge is -2.24. The first-order valence-electron chi connectivity index (χ1n) is 11.8. The molecule has 0 N–H and O–H groups in total. The third-order valence-corrected chi connectivity index (χ3v) is 6.26. The number of likely N-dealkylation sites (tertiary alicyclic amines) is 1. The number of hydrogen-bond donors (Lipinski definition) is 0. The summed E-state index contributed by atoms with van der Waals surface area (Å²) < 4.78 is 59.5. The van der Waals surface area contributed by atoms with Crippen LogP contribution in [0.4, 0.5) is 18.0 Å². The molecule has 1 aliphatic rings. The summed E-state index contributed by atoms with van der Waals surface area (Å²) in [7, 11) is 2.97. The fourth-order valence-corrected chi connectivity index (χ4v) is 4.57. The van der Waals surface area contributed by atoms with Crippen LogP contribution in [0.5, 0.6) is 11.5 Å². The van der Waals surface area contributed by atoms with Gasteiger partial charge in [0, 0.05) is 13.1 Å². The maximum Gasteiger partial charge on any atom is 0.416 e. The molecule has 2 aromatic carbocycles. The number of halogens is 3. The molecule has 0 radical (unpaired) electrons. The van der Waals surface area contributed by atoms with Crippen molar-refractivity contribution in [2.24, 2.45) is 0 Å². The van der Waals surface area contributed by atoms with Crippen molar-refractivity contribution in [2.45, 2.75) is 51.6 Å². The molecule has 200 valence electrons. The first-order chi connectivity index (χ1) is 17.3. The topological polar surface area (TPSA) is 74.9 Å². The fourth-order valence-electron chi connectivity index (χ4n) is 4.57. The van der Waals surface area contributed by atoms with Crippen LogP contribution >= 0.6 is 0 Å². The summed E-state index contributed by atoms with van der Waals surface area (Å²) in [5.74, 6) is 0.935. The Morgan fingerprint density at radius 3 is 2.32 bits per heavy atom. The number of methoxy groups -OCH3 is 2. The fraction of sp³-hybridized carbons (Fsp3) is 0.462. The Bertz CT molecular complexity index is 1370. The van der Waals surface area contributed by atoms with E-state index in [-0.39, 0.29) is 18.6 Å². The molecule has 11 heteroatoms. The van der Waals surface area contributed by atoms with Gasteiger partial charge in [-0.15, -0.1) is 0 Å². The maximum atomic E-state index is 13.7. The minimum Gasteiger partial charge on any atom is -0.493 e. The summed E-state index contributed by atoms with van der Waals surface area (Å²) in [5, 5.41) is 0. The van der Waals surface area contributed by atoms with Gasteiger partial charge in [0.05, 0.1) is 43.4 Å². The van der Waals surface area contributed by atoms with Crippen LogP contribution < -0.4 is 15.2 Å². The number of carbonyl (C=O) groups excluding carboxylic acids is 1. The van der Waals surface area contributed by atoms with Crippen molar-refractivity contribution in [1.82, 2.24) is 14.0 Å². The number of amides is 1. The number of carbonyl (C=O) groups is 1. The zero-order chi connectivity index (χ0) is 27.1. The standard InChI is InChI=1S/C26H30F3N3O5/c1-25(2,3)37-24(34)30-11-10-18(15-30)32-19-8-7-17(26(27,28)29)13-20(19)31(23(32)33)14-16-6-9-21(35-4)22(12-16)36-5/h6-9,12-13,18H,10-11,14-15H2,1-5H3. The molecule has 4 rings (SSSR count). The first kappa shape index (κ1) is 26.4. The molecule has 0 aliphatic carbocycles. The lowest BCUT2D eigenvalue weighted by Crippen LogP contribution is -2.36. The van der Waals surface area contributed by atoms with Crippen molar-refractivity contribution < 1.29 is 32.2 Å². The molecule has 3 aromatic rings. The SMILES string of the molecule is COc1ccc(Cn2c(=O)n(C3CCN(C(=O)OC(C)(C)C)C3)c3ccc(C(F)(F)F)cc32)cc1OC. The lowest BCUT2D eigenvalue weighted by atomic mass is 10.1. The molecule has 1 saturated heterocycles. The average molecular weight is 522 g/mol. The van der Waals surface area contributed by atoms with Crippen LogP contribution in [0, 0.1) is 0 Å². The molecule has 0 bridgehead atoms. The minimum atomic E-state index is -4.57. The molecule has 1 amide bonds. The van der Waals surface area contributed by atoms with E-state index in [1.165, 1.54) is 34.3 Å². The Labute approximate surface area is 212 Å². The number of nitrogens with zero attached hydrogens (tertiary/aromatic N) is 3. The van der Waals surface area contributed by atoms with Gasteiger partial charge in [-0.25, -0.2) is 9.59 Å². The molecular weight excluding hydrogens is 491 g/mol. The lowest BCUT2D eigenvalue weighted by molar-refractivity contribution is -0.137. The van der Waals surface area contributed by atoms with Gasteiger partial charge in [0.1, 0.15) is 5.60 Å². The van der Waals surface area contributed by atoms with Gasteiger partial charge < -0.3 is 19.1 Å². The second-order valence-corrected chi connectivity index (χ2v) is 10.00. The van der Waals surface area contributed by atoms with Crippen LogP contribution in [-0.4, -0.2) is 53.0 Å². The van der Waals surface area contributed by atoms with Gasteiger partial charge in [0.2, 0.25) is 0 Å². The molecule has 8 nitrogen and oxygen atoms in total. The summed E-state index contributed by atoms with van der Waals surface area (Å²) in [6.07, 6.45) is -4.59. The van der Waals surface area contributed by atoms with Crippen molar-refractivity contribution in [3.05, 3.63) is 58.0 Å². The van der Waals surface area contributed by atoms with E-state index >= 15 is 0 Å². The van der Waals surface area contributed by atoms with E-state index in [1.54, 1.807) is 39.0 Å². The number of fused-ring (bicyclic) bond motifs is 1. The maximum absolute atomic E-state index is 13.7. The third-order valence-electron chi connectivity index (χ3n) is 6.26. The number of alkyl halides is 3. The number of ether oxygens (including phenoxy) is 3. The van der Waals surface area contributed by atoms with Crippen molar-refractivity contribution in [3.8, 4) is 11.5 Å². The van der Waals surface area contributed by atoms with Gasteiger partial charge in [-0.2, -0.15) is 13.2 Å². The van der Waals surface area contributed by atoms with E-state index < -0.39 is 35.2 Å². The van der Waals surface area contributed by atoms with E-state index in [9.17, 15) is 22.8 Å². The molecule has 0 saturated carbocycles. The molecule has 2 heterocycles. The minimum absolute atomic E-state index is 0.0203. The smallest absolute Gasteiger partial charge is 0.416 e. The molecule has 1 aliphatic heterocycles. The number of benzene rings is 2. The molecule has 1 aromatic heterocycles. The summed E-state index contributed by atoms with van der Waals surface area (Å²) in [6, 6.07) is 7.96. The van der Waals surface area contributed by atoms with Crippen LogP contribution in [0.2, 0.25) is 0 Å². The Kier molecular flexibility index (Phi) is 6.91. The Morgan fingerprint density at radius 1 is 1.00 bits per heavy atom. The van der Waals surface area contributed by atoms with Crippen LogP contribution in [0.25, 0.3) is 11.0 Å². The van der Waals surface area contributed by atoms with E-state index in [2.05, 4.69) is 0 Å². The Hall–Kier alpha value is -3.63. The Balaban J connectivity index is 1.77. The van der Waals surface area contributed by atoms with Crippen molar-refractivity contribution >= 4 is 17.1 Å². The van der Waals surface area contributed by atoms with Gasteiger partial charge in [0.25, 0.3) is 0 Å². The van der Waals surface area contributed by atoms with Crippen LogP contribution in [0.1, 0.15) is 44.4 Å². The highest BCUT2D eigenvalue weighted by molar-refractivity contribution is 5.78. The molecule has 37 heavy (non-hydrogen) atoms. The molecule has 1 unspecified atom stereocenters. The quantitative estimate of drug-likeness (QED) is 0.469. The van der Waals surface area contributed by atoms with E-state index in [1.807, 2.05) is 0 Å². The normalized spacial score (nSPS) is 16.3. The summed E-state index contributed by atoms with van der Waals surface area (Å²) in [6.45, 7) is 5.90. The first-order valence-corrected chi connectivity index (χ1v) is 11.8. The number of rotatable bonds is 5. The molecular formula is C26H30F3N3O5. The highest BCUT2D eigenvalue weighted by Crippen LogP contribution is 2.34. The monoisotopic (exact) mass is 521 g/mol. The van der Waals surface area contributed by atoms with Gasteiger partial charge >= 0.3 is 18.0 Å². The molecule has 0 spiro atoms. The number of aromatic nitrogens is 2. The van der Waals surface area contributed by atoms with Crippen molar-refractivity contribution in [2.75, 3.05) is 27.3 Å². The zero-order valence-electron chi connectivity index (χ0n) is 21.4. The van der Waals surface area contributed by atoms with E-state index in [0.717, 1.165) is 12.1 Å². The second kappa shape index (κ2) is 9.68. The van der Waals surface area contributed by atoms with Crippen LogP contribution in [0.3, 0.4) is 0 Å². The van der Waals surface area contributed by atoms with Crippen LogP contribution in [-0.2, 0) is 17.5 Å². The van der Waals surface area contributed by atoms with Crippen LogP contribution in [0.15, 0.2) is 41.2 Å². The summed E-state index contributed by atoms with van der Waals surface area (Å²) in [5.41, 5.74) is -0.798. The summed E-state index contributed by atoms with van der Waals surface area (Å²) >= 11 is 0. The predicted octanol–water partition coefficient (Wildman–Crippen LogP) is 5.07. The van der Waals surface area contributed by atoms with Gasteiger partial charge in [-0.1, -0.05) is 6.07 Å². The highest BCUT2D eigenvalue weighted by Gasteiger charge is 2.35. The number of imidazole rings is 1. The average Bonchev–Trinajstić information content (AvgIpc) is 3.40. The predicted molar refractivity (Wildman–Crippen MR) is 131 cm³/mol. The largest absolute Gasteiger partial charge is 0.493 e. The van der Waals surface area contributed by atoms with E-state index in [4.69, 9.17) is 14.2 Å². The second-order valence-electron chi connectivity index (χ2n) is 10.00. The Morgan fingerprint density at radius 2 is 1.70 bits per heavy atom. The molecule has 1 fully saturated rings. The third kappa shape index (κ3) is 5.40. The zero-order valence-corrected chi connectivity index (χ0v) is 21.4. The number of hydrogen-bond acceptors (Lipinski definition) is 5. The van der Waals surface area contributed by atoms with E-state index in [0.29, 0.717) is 35.5 Å². The van der Waals surface area contributed by atoms with Gasteiger partial charge in [-0.05, 0) is 63.1 Å². The van der Waals surface area contributed by atoms with Crippen molar-refractivity contribution in [1.29, 1.82) is 0 Å². The van der Waals surface area contributed by atoms with Crippen molar-refractivity contribution in [3.63, 3.8) is 0 Å². The highest BCUT2D eigenvalue weighted by atomic mass is 19.4. The van der Waals surface area contributed by atoms with Gasteiger partial charge in [0.15, 0.2) is 11.5 Å². The van der Waals surface area contributed by atoms with Gasteiger partial charge in [-0.3, -0.25) is 9.13 Å². The summed E-state index contributed by atoms with van der Waals surface area (Å²) in [4.78, 5) is 27.8. The molecule has 1 atom stereocenters.